The maximum atomic E-state index is 6.07. The van der Waals surface area contributed by atoms with Crippen LogP contribution in [0.3, 0.4) is 0 Å². The number of thiocarbonyl (C=S) groups is 1. The van der Waals surface area contributed by atoms with Crippen molar-refractivity contribution in [2.75, 3.05) is 12.4 Å². The molecular formula is C22H18BrCl2N3O2S. The van der Waals surface area contributed by atoms with Crippen molar-refractivity contribution in [2.45, 2.75) is 6.61 Å². The lowest BCUT2D eigenvalue weighted by Gasteiger charge is -2.14. The average molecular weight is 539 g/mol. The van der Waals surface area contributed by atoms with Gasteiger partial charge in [0.1, 0.15) is 6.61 Å². The van der Waals surface area contributed by atoms with Crippen molar-refractivity contribution >= 4 is 68.4 Å². The molecule has 0 heterocycles. The zero-order valence-electron chi connectivity index (χ0n) is 16.4. The second-order valence-electron chi connectivity index (χ2n) is 6.26. The number of rotatable bonds is 7. The summed E-state index contributed by atoms with van der Waals surface area (Å²) >= 11 is 20.8. The number of anilines is 1. The van der Waals surface area contributed by atoms with Crippen LogP contribution in [0.2, 0.25) is 10.0 Å². The van der Waals surface area contributed by atoms with Crippen molar-refractivity contribution in [3.05, 3.63) is 86.3 Å². The topological polar surface area (TPSA) is 54.9 Å². The van der Waals surface area contributed by atoms with E-state index in [0.717, 1.165) is 21.3 Å². The third-order valence-electron chi connectivity index (χ3n) is 4.03. The van der Waals surface area contributed by atoms with E-state index >= 15 is 0 Å². The van der Waals surface area contributed by atoms with Crippen molar-refractivity contribution in [3.63, 3.8) is 0 Å². The van der Waals surface area contributed by atoms with Gasteiger partial charge in [-0.15, -0.1) is 0 Å². The molecule has 3 rings (SSSR count). The van der Waals surface area contributed by atoms with Crippen LogP contribution >= 0.6 is 51.3 Å². The molecule has 0 fully saturated rings. The Morgan fingerprint density at radius 1 is 1.10 bits per heavy atom. The molecule has 0 aromatic heterocycles. The van der Waals surface area contributed by atoms with Crippen LogP contribution in [0.25, 0.3) is 0 Å². The summed E-state index contributed by atoms with van der Waals surface area (Å²) in [5.74, 6) is 1.13. The lowest BCUT2D eigenvalue weighted by Crippen LogP contribution is -2.23. The molecule has 5 nitrogen and oxygen atoms in total. The monoisotopic (exact) mass is 537 g/mol. The van der Waals surface area contributed by atoms with Crippen LogP contribution < -0.4 is 20.2 Å². The summed E-state index contributed by atoms with van der Waals surface area (Å²) in [5.41, 5.74) is 5.34. The lowest BCUT2D eigenvalue weighted by atomic mass is 10.2. The molecular weight excluding hydrogens is 521 g/mol. The summed E-state index contributed by atoms with van der Waals surface area (Å²) in [5, 5.41) is 8.58. The Hall–Kier alpha value is -2.32. The van der Waals surface area contributed by atoms with E-state index in [9.17, 15) is 0 Å². The molecule has 0 spiro atoms. The Morgan fingerprint density at radius 3 is 2.58 bits per heavy atom. The summed E-state index contributed by atoms with van der Waals surface area (Å²) in [7, 11) is 1.58. The van der Waals surface area contributed by atoms with Crippen LogP contribution in [-0.4, -0.2) is 18.4 Å². The highest BCUT2D eigenvalue weighted by atomic mass is 79.9. The number of para-hydroxylation sites is 1. The molecule has 0 atom stereocenters. The Labute approximate surface area is 204 Å². The number of nitrogens with one attached hydrogen (secondary N) is 2. The number of benzene rings is 3. The fourth-order valence-corrected chi connectivity index (χ4v) is 3.65. The van der Waals surface area contributed by atoms with E-state index in [0.29, 0.717) is 33.3 Å². The number of ether oxygens (including phenoxy) is 2. The number of nitrogens with zero attached hydrogens (tertiary/aromatic N) is 1. The fourth-order valence-electron chi connectivity index (χ4n) is 2.59. The van der Waals surface area contributed by atoms with Gasteiger partial charge < -0.3 is 14.8 Å². The Morgan fingerprint density at radius 2 is 1.87 bits per heavy atom. The second kappa shape index (κ2) is 11.3. The van der Waals surface area contributed by atoms with Crippen LogP contribution in [-0.2, 0) is 6.61 Å². The molecule has 0 unspecified atom stereocenters. The van der Waals surface area contributed by atoms with Gasteiger partial charge in [-0.05, 0) is 75.7 Å². The van der Waals surface area contributed by atoms with Crippen LogP contribution in [0.15, 0.2) is 70.2 Å². The molecule has 31 heavy (non-hydrogen) atoms. The van der Waals surface area contributed by atoms with Gasteiger partial charge in [0.25, 0.3) is 0 Å². The SMILES string of the molecule is COc1cc(/C=N\NC(=S)Nc2ccccc2)cc(Br)c1OCc1ccc(Cl)c(Cl)c1. The quantitative estimate of drug-likeness (QED) is 0.200. The maximum absolute atomic E-state index is 6.07. The van der Waals surface area contributed by atoms with Crippen LogP contribution in [0.1, 0.15) is 11.1 Å². The summed E-state index contributed by atoms with van der Waals surface area (Å²) in [6.07, 6.45) is 1.63. The predicted octanol–water partition coefficient (Wildman–Crippen LogP) is 6.66. The Balaban J connectivity index is 1.64. The molecule has 3 aromatic carbocycles. The normalized spacial score (nSPS) is 10.7. The van der Waals surface area contributed by atoms with Crippen LogP contribution in [0, 0.1) is 0 Å². The van der Waals surface area contributed by atoms with E-state index in [2.05, 4.69) is 31.8 Å². The molecule has 9 heteroatoms. The number of hydrazone groups is 1. The van der Waals surface area contributed by atoms with Crippen molar-refractivity contribution < 1.29 is 9.47 Å². The standard InChI is InChI=1S/C22H18BrCl2N3O2S/c1-29-20-11-15(12-26-28-22(31)27-16-5-3-2-4-6-16)9-17(23)21(20)30-13-14-7-8-18(24)19(25)10-14/h2-12H,13H2,1H3,(H2,27,28,31)/b26-12-. The fraction of sp³-hybridized carbons (Fsp3) is 0.0909. The first kappa shape index (κ1) is 23.3. The molecule has 0 aliphatic rings. The highest BCUT2D eigenvalue weighted by Crippen LogP contribution is 2.37. The first-order chi connectivity index (χ1) is 15.0. The summed E-state index contributed by atoms with van der Waals surface area (Å²) in [4.78, 5) is 0. The summed E-state index contributed by atoms with van der Waals surface area (Å²) in [6.45, 7) is 0.306. The number of halogens is 3. The van der Waals surface area contributed by atoms with Gasteiger partial charge in [-0.25, -0.2) is 0 Å². The van der Waals surface area contributed by atoms with Crippen molar-refractivity contribution in [3.8, 4) is 11.5 Å². The third-order valence-corrected chi connectivity index (χ3v) is 5.55. The van der Waals surface area contributed by atoms with Crippen molar-refractivity contribution in [1.82, 2.24) is 5.43 Å². The largest absolute Gasteiger partial charge is 0.493 e. The highest BCUT2D eigenvalue weighted by molar-refractivity contribution is 9.10. The molecule has 0 saturated heterocycles. The maximum Gasteiger partial charge on any atom is 0.191 e. The molecule has 0 aliphatic carbocycles. The van der Waals surface area contributed by atoms with Crippen LogP contribution in [0.5, 0.6) is 11.5 Å². The number of hydrogen-bond acceptors (Lipinski definition) is 4. The van der Waals surface area contributed by atoms with Gasteiger partial charge in [0.05, 0.1) is 27.8 Å². The molecule has 0 radical (unpaired) electrons. The van der Waals surface area contributed by atoms with Gasteiger partial charge in [0.2, 0.25) is 0 Å². The molecule has 2 N–H and O–H groups in total. The smallest absolute Gasteiger partial charge is 0.191 e. The van der Waals surface area contributed by atoms with Crippen LogP contribution in [0.4, 0.5) is 5.69 Å². The molecule has 0 aliphatic heterocycles. The van der Waals surface area contributed by atoms with Gasteiger partial charge in [-0.2, -0.15) is 5.10 Å². The van der Waals surface area contributed by atoms with E-state index in [1.165, 1.54) is 0 Å². The lowest BCUT2D eigenvalue weighted by molar-refractivity contribution is 0.282. The van der Waals surface area contributed by atoms with E-state index in [4.69, 9.17) is 44.9 Å². The second-order valence-corrected chi connectivity index (χ2v) is 8.34. The molecule has 160 valence electrons. The van der Waals surface area contributed by atoms with E-state index < -0.39 is 0 Å². The van der Waals surface area contributed by atoms with Gasteiger partial charge in [0.15, 0.2) is 16.6 Å². The zero-order chi connectivity index (χ0) is 22.2. The minimum Gasteiger partial charge on any atom is -0.493 e. The van der Waals surface area contributed by atoms with Crippen molar-refractivity contribution in [1.29, 1.82) is 0 Å². The van der Waals surface area contributed by atoms with E-state index in [1.54, 1.807) is 25.5 Å². The molecule has 3 aromatic rings. The summed E-state index contributed by atoms with van der Waals surface area (Å²) < 4.78 is 12.1. The highest BCUT2D eigenvalue weighted by Gasteiger charge is 2.12. The molecule has 0 saturated carbocycles. The van der Waals surface area contributed by atoms with Gasteiger partial charge in [0, 0.05) is 5.69 Å². The van der Waals surface area contributed by atoms with Crippen molar-refractivity contribution in [2.24, 2.45) is 5.10 Å². The van der Waals surface area contributed by atoms with E-state index in [-0.39, 0.29) is 0 Å². The number of hydrogen-bond donors (Lipinski definition) is 2. The van der Waals surface area contributed by atoms with E-state index in [1.807, 2.05) is 48.5 Å². The van der Waals surface area contributed by atoms with Gasteiger partial charge in [-0.3, -0.25) is 5.43 Å². The minimum absolute atomic E-state index is 0.306. The first-order valence-corrected chi connectivity index (χ1v) is 11.0. The zero-order valence-corrected chi connectivity index (χ0v) is 20.3. The average Bonchev–Trinajstić information content (AvgIpc) is 2.75. The Kier molecular flexibility index (Phi) is 8.54. The molecule has 0 amide bonds. The predicted molar refractivity (Wildman–Crippen MR) is 135 cm³/mol. The molecule has 0 bridgehead atoms. The minimum atomic E-state index is 0.306. The third kappa shape index (κ3) is 6.83. The first-order valence-electron chi connectivity index (χ1n) is 9.05. The van der Waals surface area contributed by atoms with Gasteiger partial charge in [-0.1, -0.05) is 47.5 Å². The summed E-state index contributed by atoms with van der Waals surface area (Å²) in [6, 6.07) is 18.6. The number of methoxy groups -OCH3 is 1. The Bertz CT molecular complexity index is 1100. The van der Waals surface area contributed by atoms with Gasteiger partial charge >= 0.3 is 0 Å².